The van der Waals surface area contributed by atoms with Crippen LogP contribution in [-0.4, -0.2) is 41.6 Å². The lowest BCUT2D eigenvalue weighted by molar-refractivity contribution is 0.0259. The van der Waals surface area contributed by atoms with E-state index in [0.717, 1.165) is 17.3 Å². The predicted octanol–water partition coefficient (Wildman–Crippen LogP) is 2.14. The number of hydrogen-bond donors (Lipinski definition) is 2. The van der Waals surface area contributed by atoms with Gasteiger partial charge < -0.3 is 19.2 Å². The van der Waals surface area contributed by atoms with Crippen molar-refractivity contribution in [2.24, 2.45) is 0 Å². The summed E-state index contributed by atoms with van der Waals surface area (Å²) >= 11 is 0. The molecule has 0 fully saturated rings. The van der Waals surface area contributed by atoms with Crippen molar-refractivity contribution >= 4 is 5.82 Å². The fraction of sp³-hybridized carbons (Fsp3) is 0.533. The molecule has 1 unspecified atom stereocenters. The molecule has 2 N–H and O–H groups in total. The first-order valence-corrected chi connectivity index (χ1v) is 7.11. The Morgan fingerprint density at radius 1 is 1.48 bits per heavy atom. The number of furan rings is 1. The first-order valence-electron chi connectivity index (χ1n) is 7.11. The highest BCUT2D eigenvalue weighted by molar-refractivity contribution is 5.39. The van der Waals surface area contributed by atoms with Gasteiger partial charge in [0.2, 0.25) is 0 Å². The van der Waals surface area contributed by atoms with Crippen LogP contribution in [0.4, 0.5) is 5.82 Å². The van der Waals surface area contributed by atoms with Crippen molar-refractivity contribution in [3.63, 3.8) is 0 Å². The van der Waals surface area contributed by atoms with Crippen LogP contribution in [0.1, 0.15) is 31.2 Å². The van der Waals surface area contributed by atoms with Crippen molar-refractivity contribution in [3.05, 3.63) is 35.9 Å². The standard InChI is InChI=1S/C15H23N3O3/c1-11(2)14-7-15(17-16-14)18(3)8-12(19)9-20-10-13-5-4-6-21-13/h4-7,11-12,19H,8-10H2,1-3H3,(H,16,17). The summed E-state index contributed by atoms with van der Waals surface area (Å²) in [7, 11) is 1.90. The van der Waals surface area contributed by atoms with Crippen LogP contribution in [0.5, 0.6) is 0 Å². The molecule has 0 aliphatic heterocycles. The Bertz CT molecular complexity index is 522. The Kier molecular flexibility index (Phi) is 5.41. The highest BCUT2D eigenvalue weighted by Gasteiger charge is 2.13. The van der Waals surface area contributed by atoms with E-state index in [4.69, 9.17) is 9.15 Å². The number of nitrogens with one attached hydrogen (secondary N) is 1. The van der Waals surface area contributed by atoms with Gasteiger partial charge in [-0.3, -0.25) is 5.10 Å². The molecule has 2 rings (SSSR count). The normalized spacial score (nSPS) is 12.8. The minimum Gasteiger partial charge on any atom is -0.467 e. The molecular weight excluding hydrogens is 270 g/mol. The number of rotatable bonds is 8. The maximum Gasteiger partial charge on any atom is 0.150 e. The second-order valence-electron chi connectivity index (χ2n) is 5.47. The van der Waals surface area contributed by atoms with E-state index in [9.17, 15) is 5.11 Å². The lowest BCUT2D eigenvalue weighted by Gasteiger charge is -2.20. The molecular formula is C15H23N3O3. The summed E-state index contributed by atoms with van der Waals surface area (Å²) in [6, 6.07) is 5.66. The molecule has 116 valence electrons. The Morgan fingerprint density at radius 2 is 2.29 bits per heavy atom. The number of hydrogen-bond acceptors (Lipinski definition) is 5. The quantitative estimate of drug-likeness (QED) is 0.780. The highest BCUT2D eigenvalue weighted by atomic mass is 16.5. The lowest BCUT2D eigenvalue weighted by atomic mass is 10.1. The van der Waals surface area contributed by atoms with E-state index in [-0.39, 0.29) is 6.61 Å². The minimum atomic E-state index is -0.579. The Balaban J connectivity index is 1.74. The average Bonchev–Trinajstić information content (AvgIpc) is 3.09. The Labute approximate surface area is 124 Å². The van der Waals surface area contributed by atoms with Gasteiger partial charge in [-0.2, -0.15) is 5.10 Å². The van der Waals surface area contributed by atoms with Gasteiger partial charge in [0.15, 0.2) is 0 Å². The summed E-state index contributed by atoms with van der Waals surface area (Å²) < 4.78 is 10.6. The number of H-pyrrole nitrogens is 1. The van der Waals surface area contributed by atoms with Crippen LogP contribution in [0, 0.1) is 0 Å². The van der Waals surface area contributed by atoms with Crippen molar-refractivity contribution < 1.29 is 14.3 Å². The third-order valence-corrected chi connectivity index (χ3v) is 3.22. The SMILES string of the molecule is CC(C)c1cc(N(C)CC(O)COCc2ccco2)n[nH]1. The van der Waals surface area contributed by atoms with Gasteiger partial charge in [-0.1, -0.05) is 13.8 Å². The van der Waals surface area contributed by atoms with E-state index >= 15 is 0 Å². The molecule has 0 bridgehead atoms. The summed E-state index contributed by atoms with van der Waals surface area (Å²) in [6.07, 6.45) is 1.02. The topological polar surface area (TPSA) is 74.5 Å². The van der Waals surface area contributed by atoms with Gasteiger partial charge in [-0.15, -0.1) is 0 Å². The second-order valence-corrected chi connectivity index (χ2v) is 5.47. The zero-order valence-electron chi connectivity index (χ0n) is 12.7. The maximum absolute atomic E-state index is 9.99. The first kappa shape index (κ1) is 15.6. The number of nitrogens with zero attached hydrogens (tertiary/aromatic N) is 2. The molecule has 0 radical (unpaired) electrons. The van der Waals surface area contributed by atoms with Gasteiger partial charge in [-0.25, -0.2) is 0 Å². The molecule has 6 heteroatoms. The zero-order valence-corrected chi connectivity index (χ0v) is 12.7. The van der Waals surface area contributed by atoms with Crippen LogP contribution in [0.25, 0.3) is 0 Å². The molecule has 2 aromatic heterocycles. The van der Waals surface area contributed by atoms with Gasteiger partial charge >= 0.3 is 0 Å². The first-order chi connectivity index (χ1) is 10.1. The van der Waals surface area contributed by atoms with Crippen LogP contribution in [-0.2, 0) is 11.3 Å². The third kappa shape index (κ3) is 4.61. The summed E-state index contributed by atoms with van der Waals surface area (Å²) in [5, 5.41) is 17.2. The fourth-order valence-corrected chi connectivity index (χ4v) is 1.97. The zero-order chi connectivity index (χ0) is 15.2. The molecule has 2 heterocycles. The molecule has 6 nitrogen and oxygen atoms in total. The minimum absolute atomic E-state index is 0.256. The van der Waals surface area contributed by atoms with E-state index in [1.165, 1.54) is 0 Å². The van der Waals surface area contributed by atoms with Gasteiger partial charge in [-0.05, 0) is 18.1 Å². The summed E-state index contributed by atoms with van der Waals surface area (Å²) in [6.45, 7) is 5.30. The third-order valence-electron chi connectivity index (χ3n) is 3.22. The number of aromatic nitrogens is 2. The van der Waals surface area contributed by atoms with Crippen LogP contribution in [0.2, 0.25) is 0 Å². The average molecular weight is 293 g/mol. The number of ether oxygens (including phenoxy) is 1. The van der Waals surface area contributed by atoms with Crippen LogP contribution >= 0.6 is 0 Å². The van der Waals surface area contributed by atoms with Gasteiger partial charge in [0, 0.05) is 25.4 Å². The van der Waals surface area contributed by atoms with E-state index < -0.39 is 6.10 Å². The lowest BCUT2D eigenvalue weighted by Crippen LogP contribution is -2.32. The monoisotopic (exact) mass is 293 g/mol. The largest absolute Gasteiger partial charge is 0.467 e. The number of aliphatic hydroxyl groups is 1. The second kappa shape index (κ2) is 7.28. The van der Waals surface area contributed by atoms with Gasteiger partial charge in [0.1, 0.15) is 18.2 Å². The van der Waals surface area contributed by atoms with E-state index in [0.29, 0.717) is 19.1 Å². The molecule has 0 spiro atoms. The summed E-state index contributed by atoms with van der Waals surface area (Å²) in [4.78, 5) is 1.91. The fourth-order valence-electron chi connectivity index (χ4n) is 1.97. The number of aromatic amines is 1. The van der Waals surface area contributed by atoms with Crippen LogP contribution in [0.3, 0.4) is 0 Å². The van der Waals surface area contributed by atoms with Crippen LogP contribution < -0.4 is 4.90 Å². The van der Waals surface area contributed by atoms with Gasteiger partial charge in [0.05, 0.1) is 19.0 Å². The van der Waals surface area contributed by atoms with Crippen molar-refractivity contribution in [2.75, 3.05) is 25.1 Å². The number of likely N-dealkylation sites (N-methyl/N-ethyl adjacent to an activating group) is 1. The summed E-state index contributed by atoms with van der Waals surface area (Å²) in [5.74, 6) is 1.98. The molecule has 0 aliphatic carbocycles. The molecule has 0 aliphatic rings. The number of anilines is 1. The van der Waals surface area contributed by atoms with Crippen LogP contribution in [0.15, 0.2) is 28.9 Å². The van der Waals surface area contributed by atoms with E-state index in [1.54, 1.807) is 6.26 Å². The van der Waals surface area contributed by atoms with Crippen molar-refractivity contribution in [1.82, 2.24) is 10.2 Å². The van der Waals surface area contributed by atoms with Crippen molar-refractivity contribution in [2.45, 2.75) is 32.5 Å². The molecule has 0 saturated heterocycles. The maximum atomic E-state index is 9.99. The highest BCUT2D eigenvalue weighted by Crippen LogP contribution is 2.17. The van der Waals surface area contributed by atoms with Crippen molar-refractivity contribution in [1.29, 1.82) is 0 Å². The van der Waals surface area contributed by atoms with Gasteiger partial charge in [0.25, 0.3) is 0 Å². The summed E-state index contributed by atoms with van der Waals surface area (Å²) in [5.41, 5.74) is 1.08. The molecule has 21 heavy (non-hydrogen) atoms. The predicted molar refractivity (Wildman–Crippen MR) is 80.3 cm³/mol. The van der Waals surface area contributed by atoms with Crippen molar-refractivity contribution in [3.8, 4) is 0 Å². The molecule has 0 amide bonds. The Hall–Kier alpha value is -1.79. The molecule has 2 aromatic rings. The Morgan fingerprint density at radius 3 is 2.90 bits per heavy atom. The molecule has 1 atom stereocenters. The van der Waals surface area contributed by atoms with E-state index in [1.807, 2.05) is 30.1 Å². The molecule has 0 saturated carbocycles. The number of aliphatic hydroxyl groups excluding tert-OH is 1. The molecule has 0 aromatic carbocycles. The smallest absolute Gasteiger partial charge is 0.150 e. The van der Waals surface area contributed by atoms with E-state index in [2.05, 4.69) is 24.0 Å².